The number of rotatable bonds is 5. The predicted octanol–water partition coefficient (Wildman–Crippen LogP) is 2.82. The molecule has 0 amide bonds. The van der Waals surface area contributed by atoms with Crippen LogP contribution in [0.2, 0.25) is 5.02 Å². The Morgan fingerprint density at radius 3 is 2.30 bits per heavy atom. The third-order valence-electron chi connectivity index (χ3n) is 4.01. The number of hydrogen-bond acceptors (Lipinski definition) is 5. The number of halogens is 1. The van der Waals surface area contributed by atoms with Gasteiger partial charge in [-0.1, -0.05) is 48.0 Å². The molecule has 3 rings (SSSR count). The fourth-order valence-electron chi connectivity index (χ4n) is 2.96. The van der Waals surface area contributed by atoms with Crippen LogP contribution in [0.3, 0.4) is 0 Å². The number of para-hydroxylation sites is 1. The van der Waals surface area contributed by atoms with Crippen molar-refractivity contribution in [2.75, 3.05) is 17.2 Å². The largest absolute Gasteiger partial charge is 0.283 e. The minimum absolute atomic E-state index is 0.263. The Bertz CT molecular complexity index is 1110. The number of benzene rings is 2. The minimum Gasteiger partial charge on any atom is -0.283 e. The van der Waals surface area contributed by atoms with E-state index in [1.54, 1.807) is 48.5 Å². The Labute approximate surface area is 163 Å². The molecule has 2 aromatic carbocycles. The molecule has 1 N–H and O–H groups in total. The van der Waals surface area contributed by atoms with Gasteiger partial charge in [0.2, 0.25) is 20.0 Å². The molecule has 0 bridgehead atoms. The Balaban J connectivity index is 2.08. The van der Waals surface area contributed by atoms with Crippen molar-refractivity contribution < 1.29 is 16.8 Å². The molecule has 0 radical (unpaired) electrons. The van der Waals surface area contributed by atoms with E-state index in [-0.39, 0.29) is 6.42 Å². The van der Waals surface area contributed by atoms with Crippen LogP contribution < -0.4 is 4.72 Å². The molecule has 1 heterocycles. The minimum atomic E-state index is -3.66. The monoisotopic (exact) mass is 427 g/mol. The first-order chi connectivity index (χ1) is 12.6. The summed E-state index contributed by atoms with van der Waals surface area (Å²) in [7, 11) is -7.16. The third-order valence-corrected chi connectivity index (χ3v) is 5.96. The second-order valence-corrected chi connectivity index (χ2v) is 10.2. The highest BCUT2D eigenvalue weighted by Gasteiger charge is 2.36. The van der Waals surface area contributed by atoms with E-state index in [0.29, 0.717) is 27.5 Å². The van der Waals surface area contributed by atoms with Crippen LogP contribution in [0, 0.1) is 0 Å². The summed E-state index contributed by atoms with van der Waals surface area (Å²) < 4.78 is 51.3. The molecule has 0 fully saturated rings. The maximum absolute atomic E-state index is 12.3. The molecule has 27 heavy (non-hydrogen) atoms. The molecule has 2 aromatic rings. The molecule has 0 saturated carbocycles. The van der Waals surface area contributed by atoms with Gasteiger partial charge in [0.05, 0.1) is 30.0 Å². The van der Waals surface area contributed by atoms with Crippen molar-refractivity contribution in [2.45, 2.75) is 12.5 Å². The normalized spacial score (nSPS) is 17.7. The van der Waals surface area contributed by atoms with Crippen LogP contribution in [0.1, 0.15) is 23.6 Å². The summed E-state index contributed by atoms with van der Waals surface area (Å²) in [5, 5.41) is 4.73. The molecule has 10 heteroatoms. The first-order valence-corrected chi connectivity index (χ1v) is 12.1. The molecule has 1 unspecified atom stereocenters. The standard InChI is InChI=1S/C17H18ClN3O4S2/c1-26(22,23)20-15-10-6-4-8-13(15)16-11-17(21(19-16)27(2,24)25)12-7-3-5-9-14(12)18/h3-10,17,20H,11H2,1-2H3. The van der Waals surface area contributed by atoms with Crippen molar-refractivity contribution in [3.8, 4) is 0 Å². The van der Waals surface area contributed by atoms with Crippen LogP contribution in [-0.4, -0.2) is 39.5 Å². The Kier molecular flexibility index (Phi) is 5.20. The fourth-order valence-corrected chi connectivity index (χ4v) is 4.69. The molecule has 144 valence electrons. The highest BCUT2D eigenvalue weighted by atomic mass is 35.5. The maximum atomic E-state index is 12.3. The van der Waals surface area contributed by atoms with Crippen molar-refractivity contribution in [3.63, 3.8) is 0 Å². The highest BCUT2D eigenvalue weighted by molar-refractivity contribution is 7.92. The molecule has 1 atom stereocenters. The summed E-state index contributed by atoms with van der Waals surface area (Å²) in [6.45, 7) is 0. The first-order valence-electron chi connectivity index (χ1n) is 7.95. The Morgan fingerprint density at radius 2 is 1.67 bits per heavy atom. The second kappa shape index (κ2) is 7.14. The van der Waals surface area contributed by atoms with Gasteiger partial charge in [-0.15, -0.1) is 0 Å². The molecule has 1 aliphatic heterocycles. The highest BCUT2D eigenvalue weighted by Crippen LogP contribution is 2.38. The van der Waals surface area contributed by atoms with Crippen LogP contribution in [-0.2, 0) is 20.0 Å². The Hall–Kier alpha value is -2.10. The topological polar surface area (TPSA) is 95.9 Å². The van der Waals surface area contributed by atoms with E-state index in [0.717, 1.165) is 16.9 Å². The zero-order chi connectivity index (χ0) is 19.8. The fraction of sp³-hybridized carbons (Fsp3) is 0.235. The lowest BCUT2D eigenvalue weighted by atomic mass is 9.98. The summed E-state index contributed by atoms with van der Waals surface area (Å²) in [6, 6.07) is 13.1. The molecule has 0 aromatic heterocycles. The SMILES string of the molecule is CS(=O)(=O)Nc1ccccc1C1=NN(S(C)(=O)=O)C(c2ccccc2Cl)C1. The van der Waals surface area contributed by atoms with Crippen LogP contribution >= 0.6 is 11.6 Å². The summed E-state index contributed by atoms with van der Waals surface area (Å²) in [5.41, 5.74) is 1.95. The summed E-state index contributed by atoms with van der Waals surface area (Å²) in [6.07, 6.45) is 2.39. The van der Waals surface area contributed by atoms with Gasteiger partial charge in [0, 0.05) is 17.0 Å². The van der Waals surface area contributed by atoms with Gasteiger partial charge in [-0.25, -0.2) is 16.8 Å². The second-order valence-electron chi connectivity index (χ2n) is 6.24. The molecule has 0 saturated heterocycles. The van der Waals surface area contributed by atoms with Crippen molar-refractivity contribution >= 4 is 43.0 Å². The average Bonchev–Trinajstić information content (AvgIpc) is 2.99. The van der Waals surface area contributed by atoms with E-state index >= 15 is 0 Å². The average molecular weight is 428 g/mol. The van der Waals surface area contributed by atoms with Gasteiger partial charge in [0.1, 0.15) is 0 Å². The number of hydrazone groups is 1. The molecular weight excluding hydrogens is 410 g/mol. The van der Waals surface area contributed by atoms with Gasteiger partial charge in [-0.2, -0.15) is 9.52 Å². The van der Waals surface area contributed by atoms with Gasteiger partial charge in [-0.05, 0) is 17.7 Å². The van der Waals surface area contributed by atoms with Crippen LogP contribution in [0.25, 0.3) is 0 Å². The van der Waals surface area contributed by atoms with Crippen molar-refractivity contribution in [3.05, 3.63) is 64.7 Å². The van der Waals surface area contributed by atoms with E-state index in [2.05, 4.69) is 9.82 Å². The van der Waals surface area contributed by atoms with Crippen LogP contribution in [0.15, 0.2) is 53.6 Å². The lowest BCUT2D eigenvalue weighted by Crippen LogP contribution is -2.26. The van der Waals surface area contributed by atoms with Crippen molar-refractivity contribution in [2.24, 2.45) is 5.10 Å². The summed E-state index contributed by atoms with van der Waals surface area (Å²) in [5.74, 6) is 0. The number of anilines is 1. The van der Waals surface area contributed by atoms with E-state index in [9.17, 15) is 16.8 Å². The number of hydrogen-bond donors (Lipinski definition) is 1. The zero-order valence-corrected chi connectivity index (χ0v) is 17.0. The van der Waals surface area contributed by atoms with Gasteiger partial charge in [0.15, 0.2) is 0 Å². The number of sulfonamides is 2. The van der Waals surface area contributed by atoms with E-state index in [1.807, 2.05) is 0 Å². The zero-order valence-electron chi connectivity index (χ0n) is 14.6. The lowest BCUT2D eigenvalue weighted by Gasteiger charge is -2.22. The molecular formula is C17H18ClN3O4S2. The van der Waals surface area contributed by atoms with Gasteiger partial charge in [-0.3, -0.25) is 4.72 Å². The van der Waals surface area contributed by atoms with E-state index < -0.39 is 26.1 Å². The summed E-state index contributed by atoms with van der Waals surface area (Å²) in [4.78, 5) is 0. The molecule has 0 spiro atoms. The molecule has 0 aliphatic carbocycles. The lowest BCUT2D eigenvalue weighted by molar-refractivity contribution is 0.375. The smallest absolute Gasteiger partial charge is 0.247 e. The third kappa shape index (κ3) is 4.42. The van der Waals surface area contributed by atoms with E-state index in [1.165, 1.54) is 0 Å². The number of nitrogens with one attached hydrogen (secondary N) is 1. The van der Waals surface area contributed by atoms with Crippen LogP contribution in [0.5, 0.6) is 0 Å². The first kappa shape index (κ1) is 19.7. The molecule has 7 nitrogen and oxygen atoms in total. The van der Waals surface area contributed by atoms with Gasteiger partial charge < -0.3 is 0 Å². The van der Waals surface area contributed by atoms with Gasteiger partial charge >= 0.3 is 0 Å². The predicted molar refractivity (Wildman–Crippen MR) is 107 cm³/mol. The van der Waals surface area contributed by atoms with Gasteiger partial charge in [0.25, 0.3) is 0 Å². The molecule has 1 aliphatic rings. The number of nitrogens with zero attached hydrogens (tertiary/aromatic N) is 2. The Morgan fingerprint density at radius 1 is 1.04 bits per heavy atom. The van der Waals surface area contributed by atoms with E-state index in [4.69, 9.17) is 11.6 Å². The maximum Gasteiger partial charge on any atom is 0.247 e. The van der Waals surface area contributed by atoms with Crippen molar-refractivity contribution in [1.82, 2.24) is 4.41 Å². The quantitative estimate of drug-likeness (QED) is 0.793. The van der Waals surface area contributed by atoms with Crippen molar-refractivity contribution in [1.29, 1.82) is 0 Å². The van der Waals surface area contributed by atoms with Crippen LogP contribution in [0.4, 0.5) is 5.69 Å². The summed E-state index contributed by atoms with van der Waals surface area (Å²) >= 11 is 6.27.